The van der Waals surface area contributed by atoms with Crippen LogP contribution in [0.1, 0.15) is 71.4 Å². The third-order valence-electron chi connectivity index (χ3n) is 6.65. The third kappa shape index (κ3) is 7.72. The Balaban J connectivity index is 1.59. The molecule has 0 atom stereocenters. The maximum absolute atomic E-state index is 15.3. The van der Waals surface area contributed by atoms with Crippen molar-refractivity contribution in [1.29, 1.82) is 0 Å². The van der Waals surface area contributed by atoms with E-state index in [0.29, 0.717) is 34.7 Å². The van der Waals surface area contributed by atoms with Crippen LogP contribution in [0.15, 0.2) is 52.4 Å². The van der Waals surface area contributed by atoms with Crippen LogP contribution in [0.5, 0.6) is 0 Å². The summed E-state index contributed by atoms with van der Waals surface area (Å²) < 4.78 is 20.4. The van der Waals surface area contributed by atoms with Gasteiger partial charge in [0.2, 0.25) is 0 Å². The van der Waals surface area contributed by atoms with Crippen molar-refractivity contribution < 1.29 is 13.9 Å². The van der Waals surface area contributed by atoms with E-state index in [0.717, 1.165) is 18.4 Å². The second-order valence-corrected chi connectivity index (χ2v) is 11.3. The number of halogens is 1. The molecule has 0 radical (unpaired) electrons. The largest absolute Gasteiger partial charge is 0.442 e. The lowest BCUT2D eigenvalue weighted by Crippen LogP contribution is -2.35. The zero-order valence-corrected chi connectivity index (χ0v) is 22.1. The summed E-state index contributed by atoms with van der Waals surface area (Å²) in [7, 11) is 0. The molecule has 194 valence electrons. The van der Waals surface area contributed by atoms with Gasteiger partial charge >= 0.3 is 5.97 Å². The Labute approximate surface area is 214 Å². The van der Waals surface area contributed by atoms with Crippen LogP contribution in [0.3, 0.4) is 0 Å². The number of hydrogen-bond acceptors (Lipinski definition) is 4. The molecule has 0 unspecified atom stereocenters. The topological polar surface area (TPSA) is 89.1 Å². The number of carbonyl (C=O) groups excluding carboxylic acids is 1. The van der Waals surface area contributed by atoms with E-state index in [-0.39, 0.29) is 24.4 Å². The molecule has 0 heterocycles. The van der Waals surface area contributed by atoms with E-state index in [9.17, 15) is 4.79 Å². The van der Waals surface area contributed by atoms with Crippen LogP contribution in [0.25, 0.3) is 11.1 Å². The molecule has 2 aromatic rings. The van der Waals surface area contributed by atoms with Gasteiger partial charge in [0.15, 0.2) is 6.73 Å². The maximum atomic E-state index is 15.3. The Morgan fingerprint density at radius 1 is 1.17 bits per heavy atom. The molecule has 0 spiro atoms. The van der Waals surface area contributed by atoms with E-state index in [1.807, 2.05) is 24.3 Å². The molecule has 1 saturated carbocycles. The first kappa shape index (κ1) is 27.5. The molecule has 1 aliphatic rings. The molecule has 2 aromatic carbocycles. The highest BCUT2D eigenvalue weighted by Gasteiger charge is 2.26. The fourth-order valence-electron chi connectivity index (χ4n) is 4.14. The highest BCUT2D eigenvalue weighted by molar-refractivity contribution is 6.01. The number of esters is 1. The number of nitrogens with zero attached hydrogens (tertiary/aromatic N) is 2. The molecule has 0 saturated heterocycles. The van der Waals surface area contributed by atoms with Crippen molar-refractivity contribution in [2.75, 3.05) is 6.73 Å². The number of rotatable bonds is 8. The van der Waals surface area contributed by atoms with Gasteiger partial charge in [0.05, 0.1) is 5.41 Å². The SMILES string of the molecule is CC1(C)CCC(NCc2cccc(-c3ccc(C(N)=N/C=N/COC(=O)C(C)(C)C)cc3)c2F)CC1. The summed E-state index contributed by atoms with van der Waals surface area (Å²) in [5, 5.41) is 3.55. The Morgan fingerprint density at radius 2 is 1.83 bits per heavy atom. The lowest BCUT2D eigenvalue weighted by Gasteiger charge is -2.34. The predicted octanol–water partition coefficient (Wildman–Crippen LogP) is 5.83. The second kappa shape index (κ2) is 11.8. The average Bonchev–Trinajstić information content (AvgIpc) is 2.83. The minimum atomic E-state index is -0.581. The van der Waals surface area contributed by atoms with Crippen molar-refractivity contribution >= 4 is 18.1 Å². The monoisotopic (exact) mass is 494 g/mol. The number of nitrogens with one attached hydrogen (secondary N) is 1. The lowest BCUT2D eigenvalue weighted by atomic mass is 9.75. The third-order valence-corrected chi connectivity index (χ3v) is 6.65. The second-order valence-electron chi connectivity index (χ2n) is 11.3. The Kier molecular flexibility index (Phi) is 9.01. The average molecular weight is 495 g/mol. The van der Waals surface area contributed by atoms with Gasteiger partial charge in [-0.15, -0.1) is 0 Å². The van der Waals surface area contributed by atoms with E-state index >= 15 is 4.39 Å². The van der Waals surface area contributed by atoms with Gasteiger partial charge in [-0.05, 0) is 57.4 Å². The Morgan fingerprint density at radius 3 is 2.47 bits per heavy atom. The molecule has 3 N–H and O–H groups in total. The van der Waals surface area contributed by atoms with Crippen LogP contribution in [0.2, 0.25) is 0 Å². The molecule has 0 bridgehead atoms. The van der Waals surface area contributed by atoms with Crippen LogP contribution in [0.4, 0.5) is 4.39 Å². The molecule has 36 heavy (non-hydrogen) atoms. The first-order valence-electron chi connectivity index (χ1n) is 12.6. The summed E-state index contributed by atoms with van der Waals surface area (Å²) in [6, 6.07) is 13.2. The van der Waals surface area contributed by atoms with Gasteiger partial charge in [0.1, 0.15) is 18.0 Å². The fraction of sp³-hybridized carbons (Fsp3) is 0.483. The fourth-order valence-corrected chi connectivity index (χ4v) is 4.14. The van der Waals surface area contributed by atoms with E-state index < -0.39 is 5.41 Å². The van der Waals surface area contributed by atoms with Crippen molar-refractivity contribution in [3.63, 3.8) is 0 Å². The normalized spacial score (nSPS) is 16.9. The van der Waals surface area contributed by atoms with Crippen LogP contribution in [-0.2, 0) is 16.1 Å². The molecule has 0 aliphatic heterocycles. The summed E-state index contributed by atoms with van der Waals surface area (Å²) in [6.45, 7) is 10.4. The molecule has 7 heteroatoms. The van der Waals surface area contributed by atoms with Crippen molar-refractivity contribution in [3.8, 4) is 11.1 Å². The molecule has 1 fully saturated rings. The molecular formula is C29H39FN4O2. The summed E-state index contributed by atoms with van der Waals surface area (Å²) in [6.07, 6.45) is 5.92. The van der Waals surface area contributed by atoms with Gasteiger partial charge in [-0.1, -0.05) is 56.3 Å². The van der Waals surface area contributed by atoms with Crippen molar-refractivity contribution in [2.24, 2.45) is 26.5 Å². The van der Waals surface area contributed by atoms with Crippen molar-refractivity contribution in [2.45, 2.75) is 72.9 Å². The van der Waals surface area contributed by atoms with E-state index in [2.05, 4.69) is 29.1 Å². The smallest absolute Gasteiger partial charge is 0.313 e. The Hall–Kier alpha value is -3.06. The first-order chi connectivity index (χ1) is 17.0. The van der Waals surface area contributed by atoms with E-state index in [1.165, 1.54) is 19.2 Å². The zero-order chi connectivity index (χ0) is 26.3. The lowest BCUT2D eigenvalue weighted by molar-refractivity contribution is -0.152. The number of amidine groups is 1. The van der Waals surface area contributed by atoms with Gasteiger partial charge < -0.3 is 15.8 Å². The number of ether oxygens (including phenoxy) is 1. The van der Waals surface area contributed by atoms with Gasteiger partial charge in [-0.25, -0.2) is 14.4 Å². The van der Waals surface area contributed by atoms with Crippen LogP contribution < -0.4 is 11.1 Å². The molecule has 3 rings (SSSR count). The number of benzene rings is 2. The highest BCUT2D eigenvalue weighted by atomic mass is 19.1. The summed E-state index contributed by atoms with van der Waals surface area (Å²) >= 11 is 0. The molecular weight excluding hydrogens is 455 g/mol. The minimum absolute atomic E-state index is 0.116. The number of aliphatic imine (C=N–C) groups is 2. The highest BCUT2D eigenvalue weighted by Crippen LogP contribution is 2.35. The minimum Gasteiger partial charge on any atom is -0.442 e. The molecule has 1 aliphatic carbocycles. The van der Waals surface area contributed by atoms with E-state index in [1.54, 1.807) is 39.0 Å². The van der Waals surface area contributed by atoms with Gasteiger partial charge in [0, 0.05) is 29.3 Å². The standard InChI is InChI=1S/C29H39FN4O2/c1-28(2,3)27(35)36-19-32-18-34-26(31)21-11-9-20(10-12-21)24-8-6-7-22(25(24)30)17-33-23-13-15-29(4,5)16-14-23/h6-12,18,23,33H,13-17,19H2,1-5H3,(H2,31,32,34). The zero-order valence-electron chi connectivity index (χ0n) is 22.1. The van der Waals surface area contributed by atoms with Gasteiger partial charge in [-0.3, -0.25) is 4.79 Å². The van der Waals surface area contributed by atoms with Crippen LogP contribution in [0, 0.1) is 16.6 Å². The van der Waals surface area contributed by atoms with Crippen molar-refractivity contribution in [3.05, 3.63) is 59.4 Å². The van der Waals surface area contributed by atoms with Crippen molar-refractivity contribution in [1.82, 2.24) is 5.32 Å². The number of carbonyl (C=O) groups is 1. The summed E-state index contributed by atoms with van der Waals surface area (Å²) in [4.78, 5) is 19.8. The summed E-state index contributed by atoms with van der Waals surface area (Å²) in [5.74, 6) is -0.272. The maximum Gasteiger partial charge on any atom is 0.313 e. The van der Waals surface area contributed by atoms with Crippen LogP contribution >= 0.6 is 0 Å². The predicted molar refractivity (Wildman–Crippen MR) is 144 cm³/mol. The molecule has 0 amide bonds. The van der Waals surface area contributed by atoms with Gasteiger partial charge in [-0.2, -0.15) is 0 Å². The number of hydrogen-bond donors (Lipinski definition) is 2. The van der Waals surface area contributed by atoms with E-state index in [4.69, 9.17) is 10.5 Å². The molecule has 0 aromatic heterocycles. The molecule has 6 nitrogen and oxygen atoms in total. The summed E-state index contributed by atoms with van der Waals surface area (Å²) in [5.41, 5.74) is 8.57. The van der Waals surface area contributed by atoms with Gasteiger partial charge in [0.25, 0.3) is 0 Å². The Bertz CT molecular complexity index is 1090. The quantitative estimate of drug-likeness (QED) is 0.274. The first-order valence-corrected chi connectivity index (χ1v) is 12.6. The number of nitrogens with two attached hydrogens (primary N) is 1. The van der Waals surface area contributed by atoms with Crippen LogP contribution in [-0.4, -0.2) is 30.9 Å².